The summed E-state index contributed by atoms with van der Waals surface area (Å²) in [4.78, 5) is 29.4. The van der Waals surface area contributed by atoms with Crippen LogP contribution in [0.25, 0.3) is 0 Å². The highest BCUT2D eigenvalue weighted by Gasteiger charge is 2.35. The van der Waals surface area contributed by atoms with Gasteiger partial charge in [-0.3, -0.25) is 4.79 Å². The Labute approximate surface area is 167 Å². The molecule has 0 aromatic heterocycles. The fourth-order valence-electron chi connectivity index (χ4n) is 4.09. The Bertz CT molecular complexity index is 628. The van der Waals surface area contributed by atoms with Crippen molar-refractivity contribution >= 4 is 30.0 Å². The first kappa shape index (κ1) is 21.5. The van der Waals surface area contributed by atoms with E-state index in [1.54, 1.807) is 4.90 Å². The molecule has 0 radical (unpaired) electrons. The summed E-state index contributed by atoms with van der Waals surface area (Å²) in [5.41, 5.74) is 6.69. The van der Waals surface area contributed by atoms with E-state index in [9.17, 15) is 9.59 Å². The zero-order chi connectivity index (χ0) is 18.5. The molecule has 3 rings (SSSR count). The SMILES string of the molecule is CC1CCN(C(=O)C2CCCN(C(=O)Nc3ccccc3)C2)C(CN)C1.Cl. The summed E-state index contributed by atoms with van der Waals surface area (Å²) in [6, 6.07) is 9.44. The maximum absolute atomic E-state index is 13.1. The molecule has 27 heavy (non-hydrogen) atoms. The topological polar surface area (TPSA) is 78.7 Å². The van der Waals surface area contributed by atoms with Gasteiger partial charge in [0.25, 0.3) is 0 Å². The molecular weight excluding hydrogens is 364 g/mol. The van der Waals surface area contributed by atoms with Crippen molar-refractivity contribution in [2.24, 2.45) is 17.6 Å². The van der Waals surface area contributed by atoms with E-state index in [0.29, 0.717) is 25.6 Å². The second-order valence-electron chi connectivity index (χ2n) is 7.63. The number of carbonyl (C=O) groups excluding carboxylic acids is 2. The van der Waals surface area contributed by atoms with Crippen molar-refractivity contribution in [2.75, 3.05) is 31.5 Å². The smallest absolute Gasteiger partial charge is 0.321 e. The molecule has 2 fully saturated rings. The summed E-state index contributed by atoms with van der Waals surface area (Å²) in [5.74, 6) is 0.671. The zero-order valence-electron chi connectivity index (χ0n) is 16.0. The normalized spacial score (nSPS) is 25.5. The minimum atomic E-state index is -0.128. The van der Waals surface area contributed by atoms with E-state index in [4.69, 9.17) is 5.73 Å². The molecule has 3 N–H and O–H groups in total. The van der Waals surface area contributed by atoms with Crippen LogP contribution in [0.2, 0.25) is 0 Å². The number of hydrogen-bond donors (Lipinski definition) is 2. The van der Waals surface area contributed by atoms with Gasteiger partial charge in [-0.2, -0.15) is 0 Å². The van der Waals surface area contributed by atoms with Gasteiger partial charge in [0.2, 0.25) is 5.91 Å². The molecule has 0 saturated carbocycles. The van der Waals surface area contributed by atoms with Gasteiger partial charge in [-0.1, -0.05) is 25.1 Å². The van der Waals surface area contributed by atoms with Gasteiger partial charge in [0.05, 0.1) is 5.92 Å². The highest BCUT2D eigenvalue weighted by atomic mass is 35.5. The van der Waals surface area contributed by atoms with E-state index in [1.807, 2.05) is 35.2 Å². The van der Waals surface area contributed by atoms with Crippen LogP contribution < -0.4 is 11.1 Å². The maximum atomic E-state index is 13.1. The van der Waals surface area contributed by atoms with Gasteiger partial charge in [-0.05, 0) is 43.7 Å². The van der Waals surface area contributed by atoms with Crippen molar-refractivity contribution < 1.29 is 9.59 Å². The van der Waals surface area contributed by atoms with Gasteiger partial charge in [-0.25, -0.2) is 4.79 Å². The van der Waals surface area contributed by atoms with E-state index < -0.39 is 0 Å². The summed E-state index contributed by atoms with van der Waals surface area (Å²) in [5, 5.41) is 2.92. The lowest BCUT2D eigenvalue weighted by atomic mass is 9.89. The van der Waals surface area contributed by atoms with Crippen molar-refractivity contribution in [1.29, 1.82) is 0 Å². The van der Waals surface area contributed by atoms with Crippen molar-refractivity contribution in [3.63, 3.8) is 0 Å². The van der Waals surface area contributed by atoms with Crippen LogP contribution in [0, 0.1) is 11.8 Å². The third-order valence-electron chi connectivity index (χ3n) is 5.62. The summed E-state index contributed by atoms with van der Waals surface area (Å²) >= 11 is 0. The Kier molecular flexibility index (Phi) is 7.92. The molecule has 7 heteroatoms. The molecular formula is C20H31ClN4O2. The molecule has 2 heterocycles. The van der Waals surface area contributed by atoms with Gasteiger partial charge in [0, 0.05) is 37.9 Å². The third kappa shape index (κ3) is 5.36. The number of anilines is 1. The van der Waals surface area contributed by atoms with Crippen LogP contribution >= 0.6 is 12.4 Å². The molecule has 3 atom stereocenters. The molecule has 150 valence electrons. The third-order valence-corrected chi connectivity index (χ3v) is 5.62. The first-order chi connectivity index (χ1) is 12.6. The van der Waals surface area contributed by atoms with E-state index in [0.717, 1.165) is 37.9 Å². The zero-order valence-corrected chi connectivity index (χ0v) is 16.8. The summed E-state index contributed by atoms with van der Waals surface area (Å²) < 4.78 is 0. The number of hydrogen-bond acceptors (Lipinski definition) is 3. The van der Waals surface area contributed by atoms with Gasteiger partial charge >= 0.3 is 6.03 Å². The number of nitrogens with two attached hydrogens (primary N) is 1. The molecule has 0 bridgehead atoms. The van der Waals surface area contributed by atoms with Crippen LogP contribution in [0.1, 0.15) is 32.6 Å². The second-order valence-corrected chi connectivity index (χ2v) is 7.63. The standard InChI is InChI=1S/C20H30N4O2.ClH/c1-15-9-11-24(18(12-15)13-21)19(25)16-6-5-10-23(14-16)20(26)22-17-7-3-2-4-8-17;/h2-4,7-8,15-16,18H,5-6,9-14,21H2,1H3,(H,22,26);1H. The highest BCUT2D eigenvalue weighted by molar-refractivity contribution is 5.90. The average Bonchev–Trinajstić information content (AvgIpc) is 2.68. The van der Waals surface area contributed by atoms with E-state index >= 15 is 0 Å². The molecule has 2 aliphatic heterocycles. The predicted molar refractivity (Wildman–Crippen MR) is 110 cm³/mol. The second kappa shape index (κ2) is 9.95. The lowest BCUT2D eigenvalue weighted by molar-refractivity contribution is -0.141. The summed E-state index contributed by atoms with van der Waals surface area (Å²) in [6.07, 6.45) is 3.72. The minimum absolute atomic E-state index is 0. The largest absolute Gasteiger partial charge is 0.338 e. The van der Waals surface area contributed by atoms with Crippen molar-refractivity contribution in [2.45, 2.75) is 38.6 Å². The van der Waals surface area contributed by atoms with Crippen molar-refractivity contribution in [1.82, 2.24) is 9.80 Å². The molecule has 2 saturated heterocycles. The number of amides is 3. The molecule has 1 aromatic carbocycles. The van der Waals surface area contributed by atoms with Crippen LogP contribution in [-0.4, -0.2) is 54.0 Å². The summed E-state index contributed by atoms with van der Waals surface area (Å²) in [6.45, 7) is 4.71. The molecule has 1 aromatic rings. The number of piperidine rings is 2. The Morgan fingerprint density at radius 3 is 2.63 bits per heavy atom. The Morgan fingerprint density at radius 1 is 1.19 bits per heavy atom. The first-order valence-electron chi connectivity index (χ1n) is 9.70. The quantitative estimate of drug-likeness (QED) is 0.827. The number of likely N-dealkylation sites (tertiary alicyclic amines) is 2. The highest BCUT2D eigenvalue weighted by Crippen LogP contribution is 2.26. The number of nitrogens with one attached hydrogen (secondary N) is 1. The van der Waals surface area contributed by atoms with Crippen LogP contribution in [0.3, 0.4) is 0 Å². The van der Waals surface area contributed by atoms with E-state index in [2.05, 4.69) is 12.2 Å². The van der Waals surface area contributed by atoms with Crippen LogP contribution in [-0.2, 0) is 4.79 Å². The molecule has 0 spiro atoms. The lowest BCUT2D eigenvalue weighted by Crippen LogP contribution is -2.54. The monoisotopic (exact) mass is 394 g/mol. The number of nitrogens with zero attached hydrogens (tertiary/aromatic N) is 2. The maximum Gasteiger partial charge on any atom is 0.321 e. The van der Waals surface area contributed by atoms with Gasteiger partial charge < -0.3 is 20.9 Å². The number of benzene rings is 1. The summed E-state index contributed by atoms with van der Waals surface area (Å²) in [7, 11) is 0. The predicted octanol–water partition coefficient (Wildman–Crippen LogP) is 2.94. The number of urea groups is 1. The fraction of sp³-hybridized carbons (Fsp3) is 0.600. The Hall–Kier alpha value is -1.79. The fourth-order valence-corrected chi connectivity index (χ4v) is 4.09. The van der Waals surface area contributed by atoms with Crippen LogP contribution in [0.5, 0.6) is 0 Å². The average molecular weight is 395 g/mol. The number of carbonyl (C=O) groups is 2. The van der Waals surface area contributed by atoms with E-state index in [1.165, 1.54) is 0 Å². The van der Waals surface area contributed by atoms with Crippen LogP contribution in [0.15, 0.2) is 30.3 Å². The van der Waals surface area contributed by atoms with Gasteiger partial charge in [0.15, 0.2) is 0 Å². The first-order valence-corrected chi connectivity index (χ1v) is 9.70. The molecule has 0 aliphatic carbocycles. The lowest BCUT2D eigenvalue weighted by Gasteiger charge is -2.41. The number of halogens is 1. The van der Waals surface area contributed by atoms with Crippen molar-refractivity contribution in [3.8, 4) is 0 Å². The molecule has 2 aliphatic rings. The number of para-hydroxylation sites is 1. The van der Waals surface area contributed by atoms with Gasteiger partial charge in [-0.15, -0.1) is 12.4 Å². The van der Waals surface area contributed by atoms with Crippen LogP contribution in [0.4, 0.5) is 10.5 Å². The van der Waals surface area contributed by atoms with E-state index in [-0.39, 0.29) is 36.3 Å². The van der Waals surface area contributed by atoms with Gasteiger partial charge in [0.1, 0.15) is 0 Å². The van der Waals surface area contributed by atoms with Crippen molar-refractivity contribution in [3.05, 3.63) is 30.3 Å². The molecule has 3 unspecified atom stereocenters. The molecule has 6 nitrogen and oxygen atoms in total. The number of rotatable bonds is 3. The Morgan fingerprint density at radius 2 is 1.93 bits per heavy atom. The minimum Gasteiger partial charge on any atom is -0.338 e. The molecule has 3 amide bonds. The Balaban J connectivity index is 0.00000261.